The van der Waals surface area contributed by atoms with E-state index in [2.05, 4.69) is 10.4 Å². The normalized spacial score (nSPS) is 17.2. The van der Waals surface area contributed by atoms with Gasteiger partial charge in [-0.3, -0.25) is 24.0 Å². The number of imide groups is 1. The second kappa shape index (κ2) is 6.88. The molecule has 2 heterocycles. The Kier molecular flexibility index (Phi) is 4.65. The second-order valence-corrected chi connectivity index (χ2v) is 6.36. The molecule has 0 bridgehead atoms. The second-order valence-electron chi connectivity index (χ2n) is 6.36. The SMILES string of the molecule is Cc1cccc(NC(=O)CN2C(=O)C[C@H](Cc3cnn(C)c3)C2=O)c1. The molecule has 3 amide bonds. The summed E-state index contributed by atoms with van der Waals surface area (Å²) in [6.07, 6.45) is 4.09. The highest BCUT2D eigenvalue weighted by molar-refractivity contribution is 6.07. The van der Waals surface area contributed by atoms with Gasteiger partial charge in [-0.15, -0.1) is 0 Å². The molecular formula is C18H20N4O3. The van der Waals surface area contributed by atoms with E-state index >= 15 is 0 Å². The van der Waals surface area contributed by atoms with Crippen LogP contribution in [0.1, 0.15) is 17.5 Å². The molecule has 1 aliphatic heterocycles. The Morgan fingerprint density at radius 3 is 2.84 bits per heavy atom. The van der Waals surface area contributed by atoms with Gasteiger partial charge in [-0.25, -0.2) is 0 Å². The number of amides is 3. The molecule has 1 aromatic heterocycles. The highest BCUT2D eigenvalue weighted by atomic mass is 16.2. The Balaban J connectivity index is 1.61. The van der Waals surface area contributed by atoms with E-state index in [9.17, 15) is 14.4 Å². The van der Waals surface area contributed by atoms with Crippen molar-refractivity contribution in [3.05, 3.63) is 47.8 Å². The van der Waals surface area contributed by atoms with E-state index < -0.39 is 5.92 Å². The number of hydrogen-bond donors (Lipinski definition) is 1. The summed E-state index contributed by atoms with van der Waals surface area (Å²) in [5, 5.41) is 6.79. The van der Waals surface area contributed by atoms with E-state index in [4.69, 9.17) is 0 Å². The molecule has 0 radical (unpaired) electrons. The van der Waals surface area contributed by atoms with Gasteiger partial charge in [0, 0.05) is 25.4 Å². The Morgan fingerprint density at radius 1 is 1.36 bits per heavy atom. The smallest absolute Gasteiger partial charge is 0.244 e. The molecule has 130 valence electrons. The monoisotopic (exact) mass is 340 g/mol. The van der Waals surface area contributed by atoms with E-state index in [1.165, 1.54) is 0 Å². The van der Waals surface area contributed by atoms with Gasteiger partial charge in [0.1, 0.15) is 6.54 Å². The number of nitrogens with zero attached hydrogens (tertiary/aromatic N) is 3. The van der Waals surface area contributed by atoms with Crippen molar-refractivity contribution in [2.24, 2.45) is 13.0 Å². The van der Waals surface area contributed by atoms with Crippen LogP contribution >= 0.6 is 0 Å². The third-order valence-electron chi connectivity index (χ3n) is 4.18. The van der Waals surface area contributed by atoms with Crippen LogP contribution in [0.4, 0.5) is 5.69 Å². The van der Waals surface area contributed by atoms with Gasteiger partial charge in [0.05, 0.1) is 12.1 Å². The number of hydrogen-bond acceptors (Lipinski definition) is 4. The third-order valence-corrected chi connectivity index (χ3v) is 4.18. The Labute approximate surface area is 145 Å². The highest BCUT2D eigenvalue weighted by Crippen LogP contribution is 2.23. The number of benzene rings is 1. The number of carbonyl (C=O) groups excluding carboxylic acids is 3. The molecule has 1 N–H and O–H groups in total. The Bertz CT molecular complexity index is 827. The summed E-state index contributed by atoms with van der Waals surface area (Å²) in [5.74, 6) is -1.41. The van der Waals surface area contributed by atoms with Crippen molar-refractivity contribution in [3.8, 4) is 0 Å². The first-order chi connectivity index (χ1) is 11.9. The number of nitrogens with one attached hydrogen (secondary N) is 1. The molecule has 25 heavy (non-hydrogen) atoms. The van der Waals surface area contributed by atoms with Crippen molar-refractivity contribution in [2.75, 3.05) is 11.9 Å². The molecule has 2 aromatic rings. The lowest BCUT2D eigenvalue weighted by Crippen LogP contribution is -2.38. The average Bonchev–Trinajstić information content (AvgIpc) is 3.06. The fourth-order valence-corrected chi connectivity index (χ4v) is 3.01. The zero-order valence-corrected chi connectivity index (χ0v) is 14.2. The quantitative estimate of drug-likeness (QED) is 0.831. The van der Waals surface area contributed by atoms with Gasteiger partial charge in [-0.2, -0.15) is 5.10 Å². The third kappa shape index (κ3) is 3.93. The molecule has 1 aromatic carbocycles. The average molecular weight is 340 g/mol. The first-order valence-corrected chi connectivity index (χ1v) is 8.10. The van der Waals surface area contributed by atoms with Crippen LogP contribution in [0.3, 0.4) is 0 Å². The molecule has 0 spiro atoms. The van der Waals surface area contributed by atoms with Crippen molar-refractivity contribution in [1.82, 2.24) is 14.7 Å². The maximum atomic E-state index is 12.5. The fraction of sp³-hybridized carbons (Fsp3) is 0.333. The van der Waals surface area contributed by atoms with E-state index in [1.807, 2.05) is 31.3 Å². The van der Waals surface area contributed by atoms with Crippen LogP contribution in [0.25, 0.3) is 0 Å². The first-order valence-electron chi connectivity index (χ1n) is 8.10. The minimum Gasteiger partial charge on any atom is -0.325 e. The van der Waals surface area contributed by atoms with Gasteiger partial charge >= 0.3 is 0 Å². The van der Waals surface area contributed by atoms with Crippen molar-refractivity contribution in [2.45, 2.75) is 19.8 Å². The summed E-state index contributed by atoms with van der Waals surface area (Å²) < 4.78 is 1.66. The van der Waals surface area contributed by atoms with Gasteiger partial charge in [0.25, 0.3) is 0 Å². The summed E-state index contributed by atoms with van der Waals surface area (Å²) in [4.78, 5) is 37.8. The fourth-order valence-electron chi connectivity index (χ4n) is 3.01. The lowest BCUT2D eigenvalue weighted by atomic mass is 10.0. The summed E-state index contributed by atoms with van der Waals surface area (Å²) in [5.41, 5.74) is 2.57. The minimum absolute atomic E-state index is 0.130. The van der Waals surface area contributed by atoms with Crippen LogP contribution in [0.15, 0.2) is 36.7 Å². The van der Waals surface area contributed by atoms with Crippen molar-refractivity contribution in [3.63, 3.8) is 0 Å². The van der Waals surface area contributed by atoms with E-state index in [-0.39, 0.29) is 30.7 Å². The van der Waals surface area contributed by atoms with Crippen LogP contribution in [-0.2, 0) is 27.9 Å². The van der Waals surface area contributed by atoms with E-state index in [0.29, 0.717) is 12.1 Å². The number of aromatic nitrogens is 2. The molecule has 1 saturated heterocycles. The van der Waals surface area contributed by atoms with Crippen molar-refractivity contribution in [1.29, 1.82) is 0 Å². The summed E-state index contributed by atoms with van der Waals surface area (Å²) in [7, 11) is 1.80. The van der Waals surface area contributed by atoms with E-state index in [1.54, 1.807) is 24.0 Å². The number of aryl methyl sites for hydroxylation is 2. The Hall–Kier alpha value is -2.96. The number of anilines is 1. The van der Waals surface area contributed by atoms with Gasteiger partial charge in [-0.1, -0.05) is 12.1 Å². The Morgan fingerprint density at radius 2 is 2.16 bits per heavy atom. The zero-order chi connectivity index (χ0) is 18.0. The van der Waals surface area contributed by atoms with Crippen LogP contribution in [0.5, 0.6) is 0 Å². The molecule has 1 fully saturated rings. The predicted octanol–water partition coefficient (Wildman–Crippen LogP) is 1.28. The molecular weight excluding hydrogens is 320 g/mol. The molecule has 0 unspecified atom stereocenters. The topological polar surface area (TPSA) is 84.3 Å². The zero-order valence-electron chi connectivity index (χ0n) is 14.2. The molecule has 3 rings (SSSR count). The summed E-state index contributed by atoms with van der Waals surface area (Å²) >= 11 is 0. The minimum atomic E-state index is -0.427. The summed E-state index contributed by atoms with van der Waals surface area (Å²) in [6, 6.07) is 7.35. The maximum absolute atomic E-state index is 12.5. The van der Waals surface area contributed by atoms with Gasteiger partial charge < -0.3 is 5.32 Å². The summed E-state index contributed by atoms with van der Waals surface area (Å²) in [6.45, 7) is 1.67. The predicted molar refractivity (Wildman–Crippen MR) is 91.5 cm³/mol. The number of carbonyl (C=O) groups is 3. The van der Waals surface area contributed by atoms with Crippen LogP contribution in [-0.4, -0.2) is 38.9 Å². The lowest BCUT2D eigenvalue weighted by Gasteiger charge is -2.15. The number of likely N-dealkylation sites (tertiary alicyclic amines) is 1. The van der Waals surface area contributed by atoms with Crippen LogP contribution < -0.4 is 5.32 Å². The van der Waals surface area contributed by atoms with Gasteiger partial charge in [0.2, 0.25) is 17.7 Å². The molecule has 0 saturated carbocycles. The first kappa shape index (κ1) is 16.9. The van der Waals surface area contributed by atoms with Crippen LogP contribution in [0.2, 0.25) is 0 Å². The van der Waals surface area contributed by atoms with E-state index in [0.717, 1.165) is 16.0 Å². The molecule has 1 aliphatic rings. The molecule has 7 heteroatoms. The molecule has 0 aliphatic carbocycles. The number of rotatable bonds is 5. The standard InChI is InChI=1S/C18H20N4O3/c1-12-4-3-5-15(6-12)20-16(23)11-22-17(24)8-14(18(22)25)7-13-9-19-21(2)10-13/h3-6,9-10,14H,7-8,11H2,1-2H3,(H,20,23)/t14-/m0/s1. The van der Waals surface area contributed by atoms with Gasteiger partial charge in [0.15, 0.2) is 0 Å². The van der Waals surface area contributed by atoms with Crippen molar-refractivity contribution < 1.29 is 14.4 Å². The molecule has 7 nitrogen and oxygen atoms in total. The van der Waals surface area contributed by atoms with Gasteiger partial charge in [-0.05, 0) is 36.6 Å². The molecule has 1 atom stereocenters. The van der Waals surface area contributed by atoms with Crippen molar-refractivity contribution >= 4 is 23.4 Å². The highest BCUT2D eigenvalue weighted by Gasteiger charge is 2.39. The largest absolute Gasteiger partial charge is 0.325 e. The maximum Gasteiger partial charge on any atom is 0.244 e. The van der Waals surface area contributed by atoms with Crippen LogP contribution in [0, 0.1) is 12.8 Å². The lowest BCUT2D eigenvalue weighted by molar-refractivity contribution is -0.142.